The van der Waals surface area contributed by atoms with Gasteiger partial charge in [-0.25, -0.2) is 0 Å². The highest BCUT2D eigenvalue weighted by Crippen LogP contribution is 2.36. The van der Waals surface area contributed by atoms with Crippen molar-refractivity contribution >= 4 is 5.69 Å². The Kier molecular flexibility index (Phi) is 2.19. The molecule has 0 bridgehead atoms. The first kappa shape index (κ1) is 8.51. The number of nitrogens with zero attached hydrogens (tertiary/aromatic N) is 1. The van der Waals surface area contributed by atoms with E-state index in [1.54, 1.807) is 6.20 Å². The highest BCUT2D eigenvalue weighted by molar-refractivity contribution is 5.35. The topological polar surface area (TPSA) is 64.9 Å². The lowest BCUT2D eigenvalue weighted by Gasteiger charge is -2.09. The standard InChI is InChI=1S/C10H15N3/c11-8-3-4-10(13-6-8)9(12)5-7-1-2-7/h3-4,6-7,9H,1-2,5,11-12H2/t9-/m0/s1. The minimum absolute atomic E-state index is 0.0908. The molecule has 1 aromatic heterocycles. The normalized spacial score (nSPS) is 18.5. The van der Waals surface area contributed by atoms with Crippen molar-refractivity contribution in [1.29, 1.82) is 0 Å². The molecule has 0 saturated heterocycles. The van der Waals surface area contributed by atoms with Crippen molar-refractivity contribution in [2.75, 3.05) is 5.73 Å². The molecule has 1 heterocycles. The molecule has 13 heavy (non-hydrogen) atoms. The summed E-state index contributed by atoms with van der Waals surface area (Å²) in [6.45, 7) is 0. The van der Waals surface area contributed by atoms with Crippen LogP contribution in [0.3, 0.4) is 0 Å². The molecule has 1 aliphatic carbocycles. The van der Waals surface area contributed by atoms with Gasteiger partial charge in [-0.05, 0) is 24.5 Å². The van der Waals surface area contributed by atoms with Crippen LogP contribution in [0, 0.1) is 5.92 Å². The zero-order valence-electron chi connectivity index (χ0n) is 7.61. The second-order valence-corrected chi connectivity index (χ2v) is 3.80. The predicted octanol–water partition coefficient (Wildman–Crippen LogP) is 1.46. The SMILES string of the molecule is Nc1ccc([C@@H](N)CC2CC2)nc1. The van der Waals surface area contributed by atoms with Gasteiger partial charge in [0.2, 0.25) is 0 Å². The van der Waals surface area contributed by atoms with Gasteiger partial charge in [0.05, 0.1) is 17.6 Å². The minimum atomic E-state index is 0.0908. The summed E-state index contributed by atoms with van der Waals surface area (Å²) in [5.74, 6) is 0.842. The van der Waals surface area contributed by atoms with Crippen molar-refractivity contribution < 1.29 is 0 Å². The molecule has 0 unspecified atom stereocenters. The molecule has 2 rings (SSSR count). The molecule has 1 aliphatic rings. The summed E-state index contributed by atoms with van der Waals surface area (Å²) in [7, 11) is 0. The Labute approximate surface area is 78.1 Å². The smallest absolute Gasteiger partial charge is 0.0572 e. The number of aromatic nitrogens is 1. The van der Waals surface area contributed by atoms with Crippen LogP contribution in [-0.2, 0) is 0 Å². The minimum Gasteiger partial charge on any atom is -0.397 e. The number of rotatable bonds is 3. The molecule has 0 aromatic carbocycles. The highest BCUT2D eigenvalue weighted by Gasteiger charge is 2.24. The molecule has 0 amide bonds. The Balaban J connectivity index is 2.01. The van der Waals surface area contributed by atoms with Crippen molar-refractivity contribution in [1.82, 2.24) is 4.98 Å². The maximum absolute atomic E-state index is 5.98. The average molecular weight is 177 g/mol. The number of pyridine rings is 1. The van der Waals surface area contributed by atoms with E-state index in [4.69, 9.17) is 11.5 Å². The van der Waals surface area contributed by atoms with Crippen LogP contribution in [0.4, 0.5) is 5.69 Å². The van der Waals surface area contributed by atoms with Crippen LogP contribution in [-0.4, -0.2) is 4.98 Å². The van der Waals surface area contributed by atoms with Crippen molar-refractivity contribution in [3.63, 3.8) is 0 Å². The number of hydrogen-bond acceptors (Lipinski definition) is 3. The summed E-state index contributed by atoms with van der Waals surface area (Å²) in [6.07, 6.45) is 5.41. The average Bonchev–Trinajstić information content (AvgIpc) is 2.89. The molecule has 70 valence electrons. The molecule has 0 aliphatic heterocycles. The van der Waals surface area contributed by atoms with E-state index in [0.717, 1.165) is 18.0 Å². The Morgan fingerprint density at radius 2 is 2.23 bits per heavy atom. The Morgan fingerprint density at radius 1 is 1.46 bits per heavy atom. The quantitative estimate of drug-likeness (QED) is 0.734. The van der Waals surface area contributed by atoms with Gasteiger partial charge in [-0.1, -0.05) is 12.8 Å². The fourth-order valence-corrected chi connectivity index (χ4v) is 1.47. The van der Waals surface area contributed by atoms with E-state index in [1.807, 2.05) is 12.1 Å². The van der Waals surface area contributed by atoms with Gasteiger partial charge in [0, 0.05) is 6.04 Å². The second kappa shape index (κ2) is 3.34. The molecular weight excluding hydrogens is 162 g/mol. The molecule has 0 spiro atoms. The fraction of sp³-hybridized carbons (Fsp3) is 0.500. The maximum atomic E-state index is 5.98. The number of nitrogen functional groups attached to an aromatic ring is 1. The Morgan fingerprint density at radius 3 is 2.77 bits per heavy atom. The molecule has 1 fully saturated rings. The molecule has 3 heteroatoms. The summed E-state index contributed by atoms with van der Waals surface area (Å²) < 4.78 is 0. The van der Waals surface area contributed by atoms with Crippen molar-refractivity contribution in [2.45, 2.75) is 25.3 Å². The summed E-state index contributed by atoms with van der Waals surface area (Å²) in [4.78, 5) is 4.21. The lowest BCUT2D eigenvalue weighted by molar-refractivity contribution is 0.584. The summed E-state index contributed by atoms with van der Waals surface area (Å²) in [5, 5.41) is 0. The van der Waals surface area contributed by atoms with E-state index in [0.29, 0.717) is 5.69 Å². The van der Waals surface area contributed by atoms with Crippen LogP contribution in [0.25, 0.3) is 0 Å². The van der Waals surface area contributed by atoms with Crippen LogP contribution in [0.2, 0.25) is 0 Å². The zero-order valence-corrected chi connectivity index (χ0v) is 7.61. The van der Waals surface area contributed by atoms with Gasteiger partial charge < -0.3 is 11.5 Å². The number of anilines is 1. The molecule has 3 nitrogen and oxygen atoms in total. The monoisotopic (exact) mass is 177 g/mol. The van der Waals surface area contributed by atoms with Crippen molar-refractivity contribution in [3.8, 4) is 0 Å². The molecule has 4 N–H and O–H groups in total. The lowest BCUT2D eigenvalue weighted by atomic mass is 10.1. The molecule has 0 radical (unpaired) electrons. The third kappa shape index (κ3) is 2.18. The molecule has 1 atom stereocenters. The van der Waals surface area contributed by atoms with E-state index in [1.165, 1.54) is 12.8 Å². The van der Waals surface area contributed by atoms with Crippen LogP contribution < -0.4 is 11.5 Å². The van der Waals surface area contributed by atoms with Gasteiger partial charge in [0.25, 0.3) is 0 Å². The zero-order chi connectivity index (χ0) is 9.26. The fourth-order valence-electron chi connectivity index (χ4n) is 1.47. The first-order valence-corrected chi connectivity index (χ1v) is 4.72. The molecule has 1 aromatic rings. The van der Waals surface area contributed by atoms with E-state index in [9.17, 15) is 0 Å². The second-order valence-electron chi connectivity index (χ2n) is 3.80. The van der Waals surface area contributed by atoms with Crippen LogP contribution in [0.1, 0.15) is 31.0 Å². The first-order valence-electron chi connectivity index (χ1n) is 4.72. The van der Waals surface area contributed by atoms with Gasteiger partial charge >= 0.3 is 0 Å². The van der Waals surface area contributed by atoms with Crippen LogP contribution >= 0.6 is 0 Å². The van der Waals surface area contributed by atoms with Crippen LogP contribution in [0.5, 0.6) is 0 Å². The van der Waals surface area contributed by atoms with Gasteiger partial charge in [0.15, 0.2) is 0 Å². The van der Waals surface area contributed by atoms with E-state index in [2.05, 4.69) is 4.98 Å². The van der Waals surface area contributed by atoms with Crippen LogP contribution in [0.15, 0.2) is 18.3 Å². The van der Waals surface area contributed by atoms with E-state index in [-0.39, 0.29) is 6.04 Å². The summed E-state index contributed by atoms with van der Waals surface area (Å²) in [5.41, 5.74) is 13.2. The van der Waals surface area contributed by atoms with E-state index < -0.39 is 0 Å². The highest BCUT2D eigenvalue weighted by atomic mass is 14.8. The summed E-state index contributed by atoms with van der Waals surface area (Å²) in [6, 6.07) is 3.87. The molecular formula is C10H15N3. The first-order chi connectivity index (χ1) is 6.25. The summed E-state index contributed by atoms with van der Waals surface area (Å²) >= 11 is 0. The third-order valence-electron chi connectivity index (χ3n) is 2.47. The Bertz CT molecular complexity index is 277. The van der Waals surface area contributed by atoms with Gasteiger partial charge in [-0.3, -0.25) is 4.98 Å². The van der Waals surface area contributed by atoms with Crippen molar-refractivity contribution in [2.24, 2.45) is 11.7 Å². The number of hydrogen-bond donors (Lipinski definition) is 2. The van der Waals surface area contributed by atoms with Gasteiger partial charge in [0.1, 0.15) is 0 Å². The maximum Gasteiger partial charge on any atom is 0.0572 e. The number of nitrogens with two attached hydrogens (primary N) is 2. The Hall–Kier alpha value is -1.09. The predicted molar refractivity (Wildman–Crippen MR) is 52.9 cm³/mol. The van der Waals surface area contributed by atoms with Gasteiger partial charge in [-0.2, -0.15) is 0 Å². The lowest BCUT2D eigenvalue weighted by Crippen LogP contribution is -2.12. The van der Waals surface area contributed by atoms with Crippen molar-refractivity contribution in [3.05, 3.63) is 24.0 Å². The molecule has 1 saturated carbocycles. The van der Waals surface area contributed by atoms with E-state index >= 15 is 0 Å². The largest absolute Gasteiger partial charge is 0.397 e. The van der Waals surface area contributed by atoms with Gasteiger partial charge in [-0.15, -0.1) is 0 Å². The third-order valence-corrected chi connectivity index (χ3v) is 2.47.